The molecule has 0 saturated carbocycles. The first-order valence-electron chi connectivity index (χ1n) is 10.3. The Hall–Kier alpha value is -2.78. The lowest BCUT2D eigenvalue weighted by molar-refractivity contribution is -0.140. The Kier molecular flexibility index (Phi) is 5.59. The number of nitrogens with zero attached hydrogens (tertiary/aromatic N) is 5. The number of carbonyl (C=O) groups excluding carboxylic acids is 1. The van der Waals surface area contributed by atoms with Crippen molar-refractivity contribution in [2.45, 2.75) is 45.7 Å². The van der Waals surface area contributed by atoms with Crippen LogP contribution in [0.5, 0.6) is 0 Å². The van der Waals surface area contributed by atoms with Gasteiger partial charge < -0.3 is 4.90 Å². The summed E-state index contributed by atoms with van der Waals surface area (Å²) in [7, 11) is 0. The molecular formula is C23H27N5O. The Morgan fingerprint density at radius 3 is 2.86 bits per heavy atom. The molecule has 4 rings (SSSR count). The molecule has 29 heavy (non-hydrogen) atoms. The van der Waals surface area contributed by atoms with Crippen molar-refractivity contribution in [2.75, 3.05) is 19.6 Å². The predicted octanol–water partition coefficient (Wildman–Crippen LogP) is 3.06. The number of piperidine rings is 2. The number of carbonyl (C=O) groups is 1. The number of aromatic nitrogens is 2. The first-order chi connectivity index (χ1) is 14.0. The molecule has 0 N–H and O–H groups in total. The van der Waals surface area contributed by atoms with Gasteiger partial charge in [-0.15, -0.1) is 0 Å². The van der Waals surface area contributed by atoms with Crippen molar-refractivity contribution in [2.24, 2.45) is 5.41 Å². The normalized spacial score (nSPS) is 22.6. The molecule has 0 unspecified atom stereocenters. The van der Waals surface area contributed by atoms with Crippen molar-refractivity contribution in [3.63, 3.8) is 0 Å². The van der Waals surface area contributed by atoms with Gasteiger partial charge in [0.25, 0.3) is 0 Å². The summed E-state index contributed by atoms with van der Waals surface area (Å²) in [4.78, 5) is 25.8. The van der Waals surface area contributed by atoms with Gasteiger partial charge in [-0.25, -0.2) is 0 Å². The van der Waals surface area contributed by atoms with Gasteiger partial charge in [0.05, 0.1) is 35.8 Å². The molecule has 0 radical (unpaired) electrons. The molecule has 6 nitrogen and oxygen atoms in total. The second kappa shape index (κ2) is 8.30. The number of hydrogen-bond acceptors (Lipinski definition) is 5. The fourth-order valence-corrected chi connectivity index (χ4v) is 4.72. The smallest absolute Gasteiger partial charge is 0.222 e. The van der Waals surface area contributed by atoms with Gasteiger partial charge in [0.15, 0.2) is 0 Å². The molecule has 1 atom stereocenters. The van der Waals surface area contributed by atoms with Gasteiger partial charge in [-0.2, -0.15) is 5.26 Å². The highest BCUT2D eigenvalue weighted by Gasteiger charge is 2.41. The minimum Gasteiger partial charge on any atom is -0.336 e. The van der Waals surface area contributed by atoms with Gasteiger partial charge in [0.2, 0.25) is 5.91 Å². The summed E-state index contributed by atoms with van der Waals surface area (Å²) in [6.45, 7) is 6.16. The van der Waals surface area contributed by atoms with Gasteiger partial charge in [0, 0.05) is 37.7 Å². The fraction of sp³-hybridized carbons (Fsp3) is 0.478. The van der Waals surface area contributed by atoms with E-state index in [0.717, 1.165) is 56.8 Å². The Morgan fingerprint density at radius 2 is 2.07 bits per heavy atom. The maximum absolute atomic E-state index is 12.6. The van der Waals surface area contributed by atoms with E-state index in [2.05, 4.69) is 27.0 Å². The summed E-state index contributed by atoms with van der Waals surface area (Å²) < 4.78 is 0. The SMILES string of the molecule is Cc1cnc(CN2C[C@]3(CCCN(Cc4cccc(C#N)c4)C3)CCC2=O)cn1. The second-order valence-electron chi connectivity index (χ2n) is 8.53. The molecule has 3 heterocycles. The third kappa shape index (κ3) is 4.63. The fourth-order valence-electron chi connectivity index (χ4n) is 4.72. The van der Waals surface area contributed by atoms with Crippen molar-refractivity contribution < 1.29 is 4.79 Å². The Balaban J connectivity index is 1.44. The minimum atomic E-state index is 0.150. The van der Waals surface area contributed by atoms with E-state index in [9.17, 15) is 4.79 Å². The first-order valence-corrected chi connectivity index (χ1v) is 10.3. The van der Waals surface area contributed by atoms with E-state index in [1.54, 1.807) is 12.4 Å². The number of amides is 1. The van der Waals surface area contributed by atoms with E-state index in [0.29, 0.717) is 18.5 Å². The second-order valence-corrected chi connectivity index (χ2v) is 8.53. The molecule has 1 amide bonds. The first kappa shape index (κ1) is 19.5. The quantitative estimate of drug-likeness (QED) is 0.804. The van der Waals surface area contributed by atoms with Crippen molar-refractivity contribution in [1.29, 1.82) is 5.26 Å². The molecule has 2 fully saturated rings. The van der Waals surface area contributed by atoms with E-state index in [4.69, 9.17) is 5.26 Å². The molecular weight excluding hydrogens is 362 g/mol. The number of hydrogen-bond donors (Lipinski definition) is 0. The molecule has 2 saturated heterocycles. The van der Waals surface area contributed by atoms with Crippen molar-refractivity contribution >= 4 is 5.91 Å². The lowest BCUT2D eigenvalue weighted by Crippen LogP contribution is -2.53. The van der Waals surface area contributed by atoms with E-state index >= 15 is 0 Å². The number of nitriles is 1. The molecule has 0 bridgehead atoms. The van der Waals surface area contributed by atoms with Gasteiger partial charge >= 0.3 is 0 Å². The van der Waals surface area contributed by atoms with Crippen LogP contribution in [0.1, 0.15) is 48.2 Å². The van der Waals surface area contributed by atoms with Crippen LogP contribution in [0, 0.1) is 23.7 Å². The van der Waals surface area contributed by atoms with E-state index in [1.165, 1.54) is 5.56 Å². The zero-order chi connectivity index (χ0) is 20.3. The van der Waals surface area contributed by atoms with E-state index < -0.39 is 0 Å². The highest BCUT2D eigenvalue weighted by molar-refractivity contribution is 5.77. The van der Waals surface area contributed by atoms with Crippen LogP contribution in [-0.2, 0) is 17.9 Å². The topological polar surface area (TPSA) is 73.1 Å². The third-order valence-electron chi connectivity index (χ3n) is 6.14. The lowest BCUT2D eigenvalue weighted by Gasteiger charge is -2.48. The molecule has 6 heteroatoms. The summed E-state index contributed by atoms with van der Waals surface area (Å²) in [5, 5.41) is 9.15. The summed E-state index contributed by atoms with van der Waals surface area (Å²) in [6, 6.07) is 10.1. The van der Waals surface area contributed by atoms with Gasteiger partial charge in [-0.1, -0.05) is 12.1 Å². The van der Waals surface area contributed by atoms with Crippen LogP contribution >= 0.6 is 0 Å². The van der Waals surface area contributed by atoms with Gasteiger partial charge in [-0.05, 0) is 50.4 Å². The molecule has 1 aromatic heterocycles. The van der Waals surface area contributed by atoms with Crippen molar-refractivity contribution in [3.05, 3.63) is 59.2 Å². The highest BCUT2D eigenvalue weighted by atomic mass is 16.2. The van der Waals surface area contributed by atoms with Crippen LogP contribution in [0.4, 0.5) is 0 Å². The lowest BCUT2D eigenvalue weighted by atomic mass is 9.73. The summed E-state index contributed by atoms with van der Waals surface area (Å²) in [5.41, 5.74) is 3.78. The third-order valence-corrected chi connectivity index (χ3v) is 6.14. The zero-order valence-electron chi connectivity index (χ0n) is 17.0. The number of rotatable bonds is 4. The molecule has 0 aliphatic carbocycles. The predicted molar refractivity (Wildman–Crippen MR) is 110 cm³/mol. The van der Waals surface area contributed by atoms with Crippen LogP contribution < -0.4 is 0 Å². The number of benzene rings is 1. The van der Waals surface area contributed by atoms with E-state index in [1.807, 2.05) is 30.0 Å². The Labute approximate surface area is 172 Å². The summed E-state index contributed by atoms with van der Waals surface area (Å²) >= 11 is 0. The minimum absolute atomic E-state index is 0.150. The molecule has 2 aromatic rings. The summed E-state index contributed by atoms with van der Waals surface area (Å²) in [6.07, 6.45) is 7.40. The van der Waals surface area contributed by atoms with Crippen molar-refractivity contribution in [3.8, 4) is 6.07 Å². The highest BCUT2D eigenvalue weighted by Crippen LogP contribution is 2.39. The van der Waals surface area contributed by atoms with Crippen LogP contribution in [0.15, 0.2) is 36.7 Å². The summed E-state index contributed by atoms with van der Waals surface area (Å²) in [5.74, 6) is 0.219. The zero-order valence-corrected chi connectivity index (χ0v) is 17.0. The Bertz CT molecular complexity index is 920. The Morgan fingerprint density at radius 1 is 1.17 bits per heavy atom. The molecule has 1 spiro atoms. The van der Waals surface area contributed by atoms with Gasteiger partial charge in [-0.3, -0.25) is 19.7 Å². The monoisotopic (exact) mass is 389 g/mol. The average Bonchev–Trinajstić information content (AvgIpc) is 2.73. The maximum Gasteiger partial charge on any atom is 0.222 e. The van der Waals surface area contributed by atoms with Crippen molar-refractivity contribution in [1.82, 2.24) is 19.8 Å². The molecule has 150 valence electrons. The van der Waals surface area contributed by atoms with Crippen LogP contribution in [0.25, 0.3) is 0 Å². The van der Waals surface area contributed by atoms with E-state index in [-0.39, 0.29) is 11.3 Å². The molecule has 1 aromatic carbocycles. The maximum atomic E-state index is 12.6. The van der Waals surface area contributed by atoms with Crippen LogP contribution in [0.3, 0.4) is 0 Å². The standard InChI is InChI=1S/C23H27N5O/c1-18-12-26-21(13-25-18)15-28-17-23(8-6-22(28)29)7-3-9-27(16-23)14-20-5-2-4-19(10-20)11-24/h2,4-5,10,12-13H,3,6-9,14-17H2,1H3/t23-/m1/s1. The largest absolute Gasteiger partial charge is 0.336 e. The molecule has 2 aliphatic rings. The van der Waals surface area contributed by atoms with Gasteiger partial charge in [0.1, 0.15) is 0 Å². The van der Waals surface area contributed by atoms with Crippen LogP contribution in [-0.4, -0.2) is 45.3 Å². The number of aryl methyl sites for hydroxylation is 1. The van der Waals surface area contributed by atoms with Crippen LogP contribution in [0.2, 0.25) is 0 Å². The number of likely N-dealkylation sites (tertiary alicyclic amines) is 2. The molecule has 2 aliphatic heterocycles. The average molecular weight is 390 g/mol.